The van der Waals surface area contributed by atoms with Crippen LogP contribution < -0.4 is 27.4 Å². The molecular formula is C24H35N5O9. The third-order valence-electron chi connectivity index (χ3n) is 5.56. The topological polar surface area (TPSA) is 251 Å². The Kier molecular flexibility index (Phi) is 12.7. The number of primary amides is 1. The minimum atomic E-state index is -1.41. The smallest absolute Gasteiger partial charge is 0.326 e. The fourth-order valence-corrected chi connectivity index (χ4v) is 3.36. The van der Waals surface area contributed by atoms with E-state index in [4.69, 9.17) is 16.6 Å². The van der Waals surface area contributed by atoms with E-state index >= 15 is 0 Å². The number of carboxylic acids is 2. The van der Waals surface area contributed by atoms with Gasteiger partial charge in [-0.05, 0) is 36.5 Å². The molecule has 0 spiro atoms. The summed E-state index contributed by atoms with van der Waals surface area (Å²) < 4.78 is 0. The summed E-state index contributed by atoms with van der Waals surface area (Å²) in [6.45, 7) is 3.18. The highest BCUT2D eigenvalue weighted by Gasteiger charge is 2.31. The highest BCUT2D eigenvalue weighted by molar-refractivity contribution is 5.94. The average molecular weight is 538 g/mol. The molecule has 14 nitrogen and oxygen atoms in total. The van der Waals surface area contributed by atoms with Gasteiger partial charge in [-0.3, -0.25) is 24.0 Å². The molecule has 0 aliphatic heterocycles. The van der Waals surface area contributed by atoms with Crippen molar-refractivity contribution in [3.8, 4) is 5.75 Å². The average Bonchev–Trinajstić information content (AvgIpc) is 2.83. The van der Waals surface area contributed by atoms with Gasteiger partial charge in [0.25, 0.3) is 0 Å². The Balaban J connectivity index is 3.16. The Morgan fingerprint density at radius 2 is 1.37 bits per heavy atom. The molecule has 4 unspecified atom stereocenters. The molecule has 0 aliphatic carbocycles. The summed E-state index contributed by atoms with van der Waals surface area (Å²) in [6.07, 6.45) is -1.24. The van der Waals surface area contributed by atoms with Crippen LogP contribution in [0.2, 0.25) is 0 Å². The summed E-state index contributed by atoms with van der Waals surface area (Å²) in [5.74, 6) is -6.28. The lowest BCUT2D eigenvalue weighted by molar-refractivity contribution is -0.143. The van der Waals surface area contributed by atoms with E-state index in [0.29, 0.717) is 5.56 Å². The Hall–Kier alpha value is -4.20. The molecule has 0 saturated heterocycles. The number of hydrogen-bond acceptors (Lipinski definition) is 8. The molecule has 38 heavy (non-hydrogen) atoms. The molecule has 4 atom stereocenters. The van der Waals surface area contributed by atoms with Gasteiger partial charge in [-0.2, -0.15) is 0 Å². The molecule has 0 aliphatic rings. The second-order valence-corrected chi connectivity index (χ2v) is 9.11. The molecule has 0 saturated carbocycles. The van der Waals surface area contributed by atoms with Crippen molar-refractivity contribution in [2.45, 2.75) is 70.1 Å². The van der Waals surface area contributed by atoms with E-state index in [1.54, 1.807) is 13.8 Å². The molecule has 10 N–H and O–H groups in total. The fourth-order valence-electron chi connectivity index (χ4n) is 3.36. The molecule has 210 valence electrons. The Morgan fingerprint density at radius 1 is 0.816 bits per heavy atom. The molecule has 0 fully saturated rings. The Morgan fingerprint density at radius 3 is 1.87 bits per heavy atom. The van der Waals surface area contributed by atoms with E-state index in [9.17, 15) is 39.0 Å². The van der Waals surface area contributed by atoms with Crippen LogP contribution in [0.25, 0.3) is 0 Å². The molecule has 0 heterocycles. The van der Waals surface area contributed by atoms with Gasteiger partial charge >= 0.3 is 11.9 Å². The molecule has 1 rings (SSSR count). The molecule has 0 aromatic heterocycles. The van der Waals surface area contributed by atoms with Gasteiger partial charge in [0.1, 0.15) is 23.9 Å². The number of hydrogen-bond donors (Lipinski definition) is 8. The number of phenols is 1. The van der Waals surface area contributed by atoms with Crippen LogP contribution in [0.3, 0.4) is 0 Å². The van der Waals surface area contributed by atoms with Gasteiger partial charge in [0.2, 0.25) is 23.6 Å². The molecule has 1 aromatic rings. The van der Waals surface area contributed by atoms with Crippen LogP contribution in [-0.2, 0) is 35.2 Å². The predicted octanol–water partition coefficient (Wildman–Crippen LogP) is -1.41. The summed E-state index contributed by atoms with van der Waals surface area (Å²) in [5, 5.41) is 35.2. The minimum absolute atomic E-state index is 0.0337. The number of benzene rings is 1. The molecule has 0 bridgehead atoms. The monoisotopic (exact) mass is 537 g/mol. The van der Waals surface area contributed by atoms with Crippen LogP contribution in [0, 0.1) is 5.92 Å². The van der Waals surface area contributed by atoms with Gasteiger partial charge < -0.3 is 42.7 Å². The highest BCUT2D eigenvalue weighted by atomic mass is 16.4. The fraction of sp³-hybridized carbons (Fsp3) is 0.500. The van der Waals surface area contributed by atoms with Crippen LogP contribution >= 0.6 is 0 Å². The second kappa shape index (κ2) is 15.1. The second-order valence-electron chi connectivity index (χ2n) is 9.11. The number of aromatic hydroxyl groups is 1. The lowest BCUT2D eigenvalue weighted by Gasteiger charge is -2.26. The first-order valence-electron chi connectivity index (χ1n) is 11.9. The van der Waals surface area contributed by atoms with Gasteiger partial charge in [0.15, 0.2) is 0 Å². The molecule has 1 aromatic carbocycles. The summed E-state index contributed by atoms with van der Waals surface area (Å²) in [6, 6.07) is 0.538. The first kappa shape index (κ1) is 31.8. The zero-order valence-corrected chi connectivity index (χ0v) is 21.2. The van der Waals surface area contributed by atoms with Gasteiger partial charge in [-0.15, -0.1) is 0 Å². The van der Waals surface area contributed by atoms with Crippen molar-refractivity contribution in [3.05, 3.63) is 29.8 Å². The number of amides is 4. The summed E-state index contributed by atoms with van der Waals surface area (Å²) in [7, 11) is 0. The molecule has 0 radical (unpaired) electrons. The SMILES string of the molecule is CC(C)C(NC(=O)C(Cc1ccc(O)cc1)NC(=O)C(CCC(=O)O)NC(=O)C(N)CCC(N)=O)C(=O)O. The van der Waals surface area contributed by atoms with Gasteiger partial charge in [0.05, 0.1) is 6.04 Å². The lowest BCUT2D eigenvalue weighted by Crippen LogP contribution is -2.58. The van der Waals surface area contributed by atoms with Crippen molar-refractivity contribution in [2.24, 2.45) is 17.4 Å². The maximum atomic E-state index is 13.1. The maximum absolute atomic E-state index is 13.1. The van der Waals surface area contributed by atoms with E-state index in [1.807, 2.05) is 0 Å². The minimum Gasteiger partial charge on any atom is -0.508 e. The van der Waals surface area contributed by atoms with E-state index < -0.39 is 72.1 Å². The molecule has 14 heteroatoms. The molecule has 4 amide bonds. The highest BCUT2D eigenvalue weighted by Crippen LogP contribution is 2.13. The zero-order chi connectivity index (χ0) is 29.0. The third-order valence-corrected chi connectivity index (χ3v) is 5.56. The Bertz CT molecular complexity index is 1010. The number of aliphatic carboxylic acids is 2. The van der Waals surface area contributed by atoms with E-state index in [0.717, 1.165) is 0 Å². The van der Waals surface area contributed by atoms with Crippen LogP contribution in [0.4, 0.5) is 0 Å². The van der Waals surface area contributed by atoms with Gasteiger partial charge in [-0.1, -0.05) is 26.0 Å². The third kappa shape index (κ3) is 11.2. The van der Waals surface area contributed by atoms with Crippen LogP contribution in [0.1, 0.15) is 45.1 Å². The normalized spacial score (nSPS) is 14.0. The van der Waals surface area contributed by atoms with Crippen LogP contribution in [0.15, 0.2) is 24.3 Å². The van der Waals surface area contributed by atoms with Crippen molar-refractivity contribution in [2.75, 3.05) is 0 Å². The molecular weight excluding hydrogens is 502 g/mol. The van der Waals surface area contributed by atoms with Crippen LogP contribution in [-0.4, -0.2) is 75.1 Å². The summed E-state index contributed by atoms with van der Waals surface area (Å²) in [4.78, 5) is 72.3. The van der Waals surface area contributed by atoms with Crippen molar-refractivity contribution in [3.63, 3.8) is 0 Å². The standard InChI is InChI=1S/C24H35N5O9/c1-12(2)20(24(37)38)29-23(36)17(11-13-3-5-14(30)6-4-13)28-22(35)16(8-10-19(32)33)27-21(34)15(25)7-9-18(26)31/h3-6,12,15-17,20,30H,7-11,25H2,1-2H3,(H2,26,31)(H,27,34)(H,28,35)(H,29,36)(H,32,33)(H,37,38). The number of carbonyl (C=O) groups is 6. The number of nitrogens with one attached hydrogen (secondary N) is 3. The number of carboxylic acid groups (broad SMARTS) is 2. The first-order chi connectivity index (χ1) is 17.7. The maximum Gasteiger partial charge on any atom is 0.326 e. The van der Waals surface area contributed by atoms with Gasteiger partial charge in [-0.25, -0.2) is 4.79 Å². The van der Waals surface area contributed by atoms with Crippen molar-refractivity contribution in [1.29, 1.82) is 0 Å². The lowest BCUT2D eigenvalue weighted by atomic mass is 10.0. The van der Waals surface area contributed by atoms with Crippen LogP contribution in [0.5, 0.6) is 5.75 Å². The number of nitrogens with two attached hydrogens (primary N) is 2. The first-order valence-corrected chi connectivity index (χ1v) is 11.9. The van der Waals surface area contributed by atoms with Crippen molar-refractivity contribution < 1.29 is 44.1 Å². The van der Waals surface area contributed by atoms with Crippen molar-refractivity contribution >= 4 is 35.6 Å². The van der Waals surface area contributed by atoms with E-state index in [2.05, 4.69) is 16.0 Å². The van der Waals surface area contributed by atoms with Crippen molar-refractivity contribution in [1.82, 2.24) is 16.0 Å². The van der Waals surface area contributed by atoms with E-state index in [1.165, 1.54) is 24.3 Å². The largest absolute Gasteiger partial charge is 0.508 e. The zero-order valence-electron chi connectivity index (χ0n) is 21.2. The summed E-state index contributed by atoms with van der Waals surface area (Å²) >= 11 is 0. The Labute approximate surface area is 219 Å². The quantitative estimate of drug-likeness (QED) is 0.122. The van der Waals surface area contributed by atoms with E-state index in [-0.39, 0.29) is 31.4 Å². The number of phenolic OH excluding ortho intramolecular Hbond substituents is 1. The predicted molar refractivity (Wildman–Crippen MR) is 133 cm³/mol. The van der Waals surface area contributed by atoms with Gasteiger partial charge in [0, 0.05) is 19.3 Å². The summed E-state index contributed by atoms with van der Waals surface area (Å²) in [5.41, 5.74) is 11.3. The number of rotatable bonds is 16. The number of carbonyl (C=O) groups excluding carboxylic acids is 4.